The van der Waals surface area contributed by atoms with Gasteiger partial charge < -0.3 is 0 Å². The van der Waals surface area contributed by atoms with Gasteiger partial charge in [-0.25, -0.2) is 0 Å². The summed E-state index contributed by atoms with van der Waals surface area (Å²) in [6, 6.07) is 23.3. The van der Waals surface area contributed by atoms with Gasteiger partial charge in [0.05, 0.1) is 0 Å². The highest BCUT2D eigenvalue weighted by atomic mass is 14.1. The first kappa shape index (κ1) is 11.7. The van der Waals surface area contributed by atoms with E-state index in [9.17, 15) is 0 Å². The molecule has 0 aromatic heterocycles. The molecule has 3 rings (SSSR count). The molecule has 0 saturated carbocycles. The SMILES string of the molecule is C=C(c1ccccc1)c1cc(C)c2ccccc2c1. The summed E-state index contributed by atoms with van der Waals surface area (Å²) in [4.78, 5) is 0. The molecule has 0 aliphatic rings. The van der Waals surface area contributed by atoms with Crippen molar-refractivity contribution in [1.82, 2.24) is 0 Å². The van der Waals surface area contributed by atoms with Crippen LogP contribution < -0.4 is 0 Å². The van der Waals surface area contributed by atoms with Gasteiger partial charge in [-0.2, -0.15) is 0 Å². The molecule has 0 aliphatic heterocycles. The molecule has 0 nitrogen and oxygen atoms in total. The zero-order valence-corrected chi connectivity index (χ0v) is 11.1. The third-order valence-electron chi connectivity index (χ3n) is 3.54. The molecule has 19 heavy (non-hydrogen) atoms. The van der Waals surface area contributed by atoms with Gasteiger partial charge in [0.1, 0.15) is 0 Å². The maximum atomic E-state index is 4.24. The van der Waals surface area contributed by atoms with Gasteiger partial charge in [0, 0.05) is 0 Å². The van der Waals surface area contributed by atoms with Crippen LogP contribution >= 0.6 is 0 Å². The Morgan fingerprint density at radius 2 is 1.47 bits per heavy atom. The van der Waals surface area contributed by atoms with E-state index < -0.39 is 0 Å². The summed E-state index contributed by atoms with van der Waals surface area (Å²) in [5, 5.41) is 2.58. The van der Waals surface area contributed by atoms with Crippen LogP contribution in [-0.2, 0) is 0 Å². The molecule has 0 spiro atoms. The molecule has 0 heteroatoms. The fraction of sp³-hybridized carbons (Fsp3) is 0.0526. The lowest BCUT2D eigenvalue weighted by atomic mass is 9.94. The van der Waals surface area contributed by atoms with E-state index in [4.69, 9.17) is 0 Å². The number of fused-ring (bicyclic) bond motifs is 1. The maximum absolute atomic E-state index is 4.24. The molecule has 0 N–H and O–H groups in total. The first-order chi connectivity index (χ1) is 9.25. The second-order valence-corrected chi connectivity index (χ2v) is 4.86. The van der Waals surface area contributed by atoms with Gasteiger partial charge in [0.25, 0.3) is 0 Å². The molecular weight excluding hydrogens is 228 g/mol. The minimum absolute atomic E-state index is 1.08. The molecule has 0 radical (unpaired) electrons. The van der Waals surface area contributed by atoms with Crippen LogP contribution in [0.15, 0.2) is 73.3 Å². The van der Waals surface area contributed by atoms with Crippen molar-refractivity contribution >= 4 is 16.3 Å². The summed E-state index contributed by atoms with van der Waals surface area (Å²) < 4.78 is 0. The highest BCUT2D eigenvalue weighted by Gasteiger charge is 2.05. The Hall–Kier alpha value is -2.34. The van der Waals surface area contributed by atoms with E-state index in [1.165, 1.54) is 27.5 Å². The topological polar surface area (TPSA) is 0 Å². The van der Waals surface area contributed by atoms with Crippen molar-refractivity contribution in [2.24, 2.45) is 0 Å². The maximum Gasteiger partial charge on any atom is -0.0154 e. The van der Waals surface area contributed by atoms with Crippen molar-refractivity contribution in [3.05, 3.63) is 90.0 Å². The average molecular weight is 244 g/mol. The number of hydrogen-bond acceptors (Lipinski definition) is 0. The van der Waals surface area contributed by atoms with Gasteiger partial charge in [-0.3, -0.25) is 0 Å². The van der Waals surface area contributed by atoms with Gasteiger partial charge >= 0.3 is 0 Å². The van der Waals surface area contributed by atoms with Gasteiger partial charge in [-0.05, 0) is 46.0 Å². The first-order valence-electron chi connectivity index (χ1n) is 6.50. The Balaban J connectivity index is 2.14. The van der Waals surface area contributed by atoms with Crippen molar-refractivity contribution in [1.29, 1.82) is 0 Å². The molecule has 0 atom stereocenters. The second-order valence-electron chi connectivity index (χ2n) is 4.86. The molecule has 92 valence electrons. The van der Waals surface area contributed by atoms with Crippen molar-refractivity contribution in [2.75, 3.05) is 0 Å². The van der Waals surface area contributed by atoms with E-state index in [-0.39, 0.29) is 0 Å². The molecular formula is C19H16. The zero-order chi connectivity index (χ0) is 13.2. The fourth-order valence-corrected chi connectivity index (χ4v) is 2.48. The normalized spacial score (nSPS) is 10.6. The lowest BCUT2D eigenvalue weighted by molar-refractivity contribution is 1.49. The van der Waals surface area contributed by atoms with Crippen LogP contribution in [0, 0.1) is 6.92 Å². The Kier molecular flexibility index (Phi) is 2.92. The fourth-order valence-electron chi connectivity index (χ4n) is 2.48. The molecule has 3 aromatic rings. The van der Waals surface area contributed by atoms with E-state index in [2.05, 4.69) is 74.2 Å². The number of rotatable bonds is 2. The monoisotopic (exact) mass is 244 g/mol. The lowest BCUT2D eigenvalue weighted by Crippen LogP contribution is -1.88. The van der Waals surface area contributed by atoms with Crippen molar-refractivity contribution in [3.8, 4) is 0 Å². The smallest absolute Gasteiger partial charge is 0.0154 e. The molecule has 0 saturated heterocycles. The Labute approximate surface area is 114 Å². The Morgan fingerprint density at radius 1 is 0.789 bits per heavy atom. The molecule has 0 heterocycles. The van der Waals surface area contributed by atoms with Gasteiger partial charge in [-0.1, -0.05) is 67.2 Å². The second kappa shape index (κ2) is 4.74. The van der Waals surface area contributed by atoms with E-state index in [1.54, 1.807) is 0 Å². The summed E-state index contributed by atoms with van der Waals surface area (Å²) in [6.07, 6.45) is 0. The Bertz CT molecular complexity index is 736. The standard InChI is InChI=1S/C19H16/c1-14-12-18(13-17-10-6-7-11-19(14)17)15(2)16-8-4-3-5-9-16/h3-13H,2H2,1H3. The van der Waals surface area contributed by atoms with E-state index in [0.717, 1.165) is 5.57 Å². The zero-order valence-electron chi connectivity index (χ0n) is 11.1. The summed E-state index contributed by atoms with van der Waals surface area (Å²) in [7, 11) is 0. The van der Waals surface area contributed by atoms with Crippen LogP contribution in [0.25, 0.3) is 16.3 Å². The van der Waals surface area contributed by atoms with Gasteiger partial charge in [0.15, 0.2) is 0 Å². The summed E-state index contributed by atoms with van der Waals surface area (Å²) in [6.45, 7) is 6.40. The van der Waals surface area contributed by atoms with Crippen molar-refractivity contribution < 1.29 is 0 Å². The summed E-state index contributed by atoms with van der Waals surface area (Å²) >= 11 is 0. The summed E-state index contributed by atoms with van der Waals surface area (Å²) in [5.74, 6) is 0. The van der Waals surface area contributed by atoms with Crippen LogP contribution in [0.4, 0.5) is 0 Å². The first-order valence-corrected chi connectivity index (χ1v) is 6.50. The molecule has 0 aliphatic carbocycles. The highest BCUT2D eigenvalue weighted by molar-refractivity contribution is 5.91. The van der Waals surface area contributed by atoms with Crippen LogP contribution in [0.1, 0.15) is 16.7 Å². The number of hydrogen-bond donors (Lipinski definition) is 0. The lowest BCUT2D eigenvalue weighted by Gasteiger charge is -2.10. The summed E-state index contributed by atoms with van der Waals surface area (Å²) in [5.41, 5.74) is 4.75. The van der Waals surface area contributed by atoms with Gasteiger partial charge in [-0.15, -0.1) is 0 Å². The predicted molar refractivity (Wildman–Crippen MR) is 83.3 cm³/mol. The Morgan fingerprint density at radius 3 is 2.26 bits per heavy atom. The largest absolute Gasteiger partial charge is 0.0906 e. The number of benzene rings is 3. The quantitative estimate of drug-likeness (QED) is 0.580. The third kappa shape index (κ3) is 2.17. The third-order valence-corrected chi connectivity index (χ3v) is 3.54. The minimum Gasteiger partial charge on any atom is -0.0906 e. The average Bonchev–Trinajstić information content (AvgIpc) is 2.47. The van der Waals surface area contributed by atoms with Crippen LogP contribution in [0.5, 0.6) is 0 Å². The van der Waals surface area contributed by atoms with E-state index in [0.29, 0.717) is 0 Å². The molecule has 0 unspecified atom stereocenters. The molecule has 3 aromatic carbocycles. The molecule has 0 amide bonds. The van der Waals surface area contributed by atoms with Crippen molar-refractivity contribution in [3.63, 3.8) is 0 Å². The van der Waals surface area contributed by atoms with Crippen LogP contribution in [0.3, 0.4) is 0 Å². The minimum atomic E-state index is 1.08. The van der Waals surface area contributed by atoms with Crippen LogP contribution in [-0.4, -0.2) is 0 Å². The molecule has 0 fully saturated rings. The number of aryl methyl sites for hydroxylation is 1. The van der Waals surface area contributed by atoms with Crippen LogP contribution in [0.2, 0.25) is 0 Å². The van der Waals surface area contributed by atoms with Crippen molar-refractivity contribution in [2.45, 2.75) is 6.92 Å². The van der Waals surface area contributed by atoms with Gasteiger partial charge in [0.2, 0.25) is 0 Å². The highest BCUT2D eigenvalue weighted by Crippen LogP contribution is 2.27. The van der Waals surface area contributed by atoms with E-state index >= 15 is 0 Å². The van der Waals surface area contributed by atoms with E-state index in [1.807, 2.05) is 6.07 Å². The predicted octanol–water partition coefficient (Wildman–Crippen LogP) is 5.21. The molecule has 0 bridgehead atoms.